The SMILES string of the molecule is O=C(NCCSc1ccccn1)c1ccc(CSc2ccc(Cl)cc2)cc1. The molecule has 0 radical (unpaired) electrons. The second kappa shape index (κ2) is 10.4. The molecule has 1 aromatic heterocycles. The molecule has 0 bridgehead atoms. The summed E-state index contributed by atoms with van der Waals surface area (Å²) in [5.74, 6) is 1.59. The summed E-state index contributed by atoms with van der Waals surface area (Å²) in [6.07, 6.45) is 1.77. The molecule has 0 saturated carbocycles. The lowest BCUT2D eigenvalue weighted by Crippen LogP contribution is -2.25. The van der Waals surface area contributed by atoms with Crippen LogP contribution < -0.4 is 5.32 Å². The number of hydrogen-bond acceptors (Lipinski definition) is 4. The maximum atomic E-state index is 12.2. The molecule has 1 heterocycles. The van der Waals surface area contributed by atoms with Gasteiger partial charge in [-0.1, -0.05) is 29.8 Å². The summed E-state index contributed by atoms with van der Waals surface area (Å²) in [5, 5.41) is 4.66. The number of amides is 1. The summed E-state index contributed by atoms with van der Waals surface area (Å²) in [5.41, 5.74) is 1.86. The van der Waals surface area contributed by atoms with Gasteiger partial charge in [0, 0.05) is 39.7 Å². The lowest BCUT2D eigenvalue weighted by Gasteiger charge is -2.07. The molecule has 0 atom stereocenters. The van der Waals surface area contributed by atoms with E-state index in [1.807, 2.05) is 66.7 Å². The summed E-state index contributed by atoms with van der Waals surface area (Å²) in [6.45, 7) is 0.605. The van der Waals surface area contributed by atoms with Crippen LogP contribution in [0.15, 0.2) is 82.8 Å². The van der Waals surface area contributed by atoms with E-state index >= 15 is 0 Å². The summed E-state index contributed by atoms with van der Waals surface area (Å²) in [6, 6.07) is 21.4. The van der Waals surface area contributed by atoms with E-state index in [4.69, 9.17) is 11.6 Å². The quantitative estimate of drug-likeness (QED) is 0.387. The number of carbonyl (C=O) groups is 1. The zero-order valence-electron chi connectivity index (χ0n) is 14.6. The lowest BCUT2D eigenvalue weighted by molar-refractivity contribution is 0.0956. The Labute approximate surface area is 172 Å². The summed E-state index contributed by atoms with van der Waals surface area (Å²) >= 11 is 9.27. The molecule has 1 N–H and O–H groups in total. The Hall–Kier alpha value is -1.95. The third-order valence-electron chi connectivity index (χ3n) is 3.71. The number of pyridine rings is 1. The Morgan fingerprint density at radius 2 is 1.74 bits per heavy atom. The Morgan fingerprint density at radius 1 is 0.963 bits per heavy atom. The van der Waals surface area contributed by atoms with Crippen molar-refractivity contribution in [3.8, 4) is 0 Å². The van der Waals surface area contributed by atoms with Crippen LogP contribution >= 0.6 is 35.1 Å². The maximum Gasteiger partial charge on any atom is 0.251 e. The average Bonchev–Trinajstić information content (AvgIpc) is 2.72. The smallest absolute Gasteiger partial charge is 0.251 e. The Bertz CT molecular complexity index is 856. The number of rotatable bonds is 8. The van der Waals surface area contributed by atoms with Gasteiger partial charge in [0.05, 0.1) is 5.03 Å². The third-order valence-corrected chi connectivity index (χ3v) is 5.99. The number of halogens is 1. The van der Waals surface area contributed by atoms with Crippen LogP contribution in [0, 0.1) is 0 Å². The van der Waals surface area contributed by atoms with E-state index in [1.54, 1.807) is 29.7 Å². The molecule has 3 nitrogen and oxygen atoms in total. The van der Waals surface area contributed by atoms with E-state index in [9.17, 15) is 4.79 Å². The van der Waals surface area contributed by atoms with Crippen LogP contribution in [0.3, 0.4) is 0 Å². The molecule has 3 rings (SSSR count). The highest BCUT2D eigenvalue weighted by molar-refractivity contribution is 7.99. The molecule has 27 heavy (non-hydrogen) atoms. The molecule has 138 valence electrons. The molecule has 0 fully saturated rings. The second-order valence-electron chi connectivity index (χ2n) is 5.71. The van der Waals surface area contributed by atoms with Crippen molar-refractivity contribution in [2.45, 2.75) is 15.7 Å². The van der Waals surface area contributed by atoms with E-state index in [-0.39, 0.29) is 5.91 Å². The van der Waals surface area contributed by atoms with Crippen molar-refractivity contribution in [2.24, 2.45) is 0 Å². The first-order valence-corrected chi connectivity index (χ1v) is 10.8. The number of benzene rings is 2. The molecule has 3 aromatic rings. The van der Waals surface area contributed by atoms with E-state index in [2.05, 4.69) is 10.3 Å². The van der Waals surface area contributed by atoms with E-state index in [1.165, 1.54) is 10.5 Å². The van der Waals surface area contributed by atoms with Gasteiger partial charge in [-0.25, -0.2) is 4.98 Å². The molecule has 2 aromatic carbocycles. The number of thioether (sulfide) groups is 2. The fourth-order valence-corrected chi connectivity index (χ4v) is 4.01. The fourth-order valence-electron chi connectivity index (χ4n) is 2.30. The minimum absolute atomic E-state index is 0.0477. The van der Waals surface area contributed by atoms with Gasteiger partial charge in [0.2, 0.25) is 0 Å². The van der Waals surface area contributed by atoms with E-state index in [0.29, 0.717) is 12.1 Å². The standard InChI is InChI=1S/C21H19ClN2OS2/c22-18-8-10-19(11-9-18)27-15-16-4-6-17(7-5-16)21(25)24-13-14-26-20-3-1-2-12-23-20/h1-12H,13-15H2,(H,24,25). The third kappa shape index (κ3) is 6.61. The van der Waals surface area contributed by atoms with Gasteiger partial charge in [-0.3, -0.25) is 4.79 Å². The van der Waals surface area contributed by atoms with Gasteiger partial charge in [0.25, 0.3) is 5.91 Å². The highest BCUT2D eigenvalue weighted by Crippen LogP contribution is 2.24. The van der Waals surface area contributed by atoms with Crippen molar-refractivity contribution >= 4 is 41.0 Å². The maximum absolute atomic E-state index is 12.2. The van der Waals surface area contributed by atoms with Crippen LogP contribution in [-0.4, -0.2) is 23.2 Å². The zero-order valence-corrected chi connectivity index (χ0v) is 17.0. The van der Waals surface area contributed by atoms with Gasteiger partial charge in [-0.2, -0.15) is 0 Å². The first-order valence-electron chi connectivity index (χ1n) is 8.50. The first-order chi connectivity index (χ1) is 13.2. The van der Waals surface area contributed by atoms with Crippen LogP contribution in [0.5, 0.6) is 0 Å². The molecule has 0 aliphatic carbocycles. The average molecular weight is 415 g/mol. The number of hydrogen-bond donors (Lipinski definition) is 1. The highest BCUT2D eigenvalue weighted by Gasteiger charge is 2.05. The second-order valence-corrected chi connectivity index (χ2v) is 8.31. The van der Waals surface area contributed by atoms with Crippen molar-refractivity contribution in [3.05, 3.63) is 89.1 Å². The predicted octanol–water partition coefficient (Wildman–Crippen LogP) is 5.55. The molecule has 0 unspecified atom stereocenters. The number of nitrogens with one attached hydrogen (secondary N) is 1. The van der Waals surface area contributed by atoms with Crippen LogP contribution in [0.4, 0.5) is 0 Å². The van der Waals surface area contributed by atoms with Gasteiger partial charge >= 0.3 is 0 Å². The number of nitrogens with zero attached hydrogens (tertiary/aromatic N) is 1. The van der Waals surface area contributed by atoms with Crippen LogP contribution in [0.2, 0.25) is 5.02 Å². The van der Waals surface area contributed by atoms with Crippen LogP contribution in [-0.2, 0) is 5.75 Å². The predicted molar refractivity (Wildman–Crippen MR) is 115 cm³/mol. The van der Waals surface area contributed by atoms with Gasteiger partial charge in [0.15, 0.2) is 0 Å². The molecule has 0 aliphatic heterocycles. The van der Waals surface area contributed by atoms with E-state index in [0.717, 1.165) is 21.6 Å². The van der Waals surface area contributed by atoms with Gasteiger partial charge in [0.1, 0.15) is 0 Å². The molecule has 0 saturated heterocycles. The van der Waals surface area contributed by atoms with Gasteiger partial charge in [-0.15, -0.1) is 23.5 Å². The van der Waals surface area contributed by atoms with Crippen molar-refractivity contribution < 1.29 is 4.79 Å². The van der Waals surface area contributed by atoms with Crippen LogP contribution in [0.1, 0.15) is 15.9 Å². The van der Waals surface area contributed by atoms with Crippen LogP contribution in [0.25, 0.3) is 0 Å². The summed E-state index contributed by atoms with van der Waals surface area (Å²) in [4.78, 5) is 17.6. The molecular formula is C21H19ClN2OS2. The Balaban J connectivity index is 1.42. The summed E-state index contributed by atoms with van der Waals surface area (Å²) in [7, 11) is 0. The monoisotopic (exact) mass is 414 g/mol. The Kier molecular flexibility index (Phi) is 7.63. The zero-order chi connectivity index (χ0) is 18.9. The molecule has 1 amide bonds. The number of carbonyl (C=O) groups excluding carboxylic acids is 1. The first kappa shape index (κ1) is 19.8. The van der Waals surface area contributed by atoms with Gasteiger partial charge < -0.3 is 5.32 Å². The minimum atomic E-state index is -0.0477. The molecule has 6 heteroatoms. The normalized spacial score (nSPS) is 10.6. The van der Waals surface area contributed by atoms with E-state index < -0.39 is 0 Å². The van der Waals surface area contributed by atoms with Crippen molar-refractivity contribution in [2.75, 3.05) is 12.3 Å². The molecular weight excluding hydrogens is 396 g/mol. The van der Waals surface area contributed by atoms with Crippen molar-refractivity contribution in [3.63, 3.8) is 0 Å². The Morgan fingerprint density at radius 3 is 2.44 bits per heavy atom. The van der Waals surface area contributed by atoms with Crippen molar-refractivity contribution in [1.29, 1.82) is 0 Å². The number of aromatic nitrogens is 1. The highest BCUT2D eigenvalue weighted by atomic mass is 35.5. The molecule has 0 aliphatic rings. The fraction of sp³-hybridized carbons (Fsp3) is 0.143. The van der Waals surface area contributed by atoms with Crippen molar-refractivity contribution in [1.82, 2.24) is 10.3 Å². The topological polar surface area (TPSA) is 42.0 Å². The van der Waals surface area contributed by atoms with Gasteiger partial charge in [-0.05, 0) is 54.1 Å². The lowest BCUT2D eigenvalue weighted by atomic mass is 10.1. The largest absolute Gasteiger partial charge is 0.351 e. The summed E-state index contributed by atoms with van der Waals surface area (Å²) < 4.78 is 0. The minimum Gasteiger partial charge on any atom is -0.351 e. The molecule has 0 spiro atoms.